The molecule has 2 aliphatic rings. The van der Waals surface area contributed by atoms with Crippen molar-refractivity contribution in [2.45, 2.75) is 20.3 Å². The first-order valence-corrected chi connectivity index (χ1v) is 8.62. The monoisotopic (exact) mass is 328 g/mol. The molecule has 2 aliphatic carbocycles. The zero-order chi connectivity index (χ0) is 17.3. The third-order valence-corrected chi connectivity index (χ3v) is 5.31. The number of fused-ring (bicyclic) bond motifs is 2. The molecular formula is C19H24N2O3. The van der Waals surface area contributed by atoms with Crippen LogP contribution in [0, 0.1) is 23.7 Å². The van der Waals surface area contributed by atoms with Gasteiger partial charge in [-0.2, -0.15) is 0 Å². The molecule has 5 heteroatoms. The van der Waals surface area contributed by atoms with Gasteiger partial charge in [0.05, 0.1) is 11.8 Å². The van der Waals surface area contributed by atoms with Crippen LogP contribution in [0.25, 0.3) is 0 Å². The van der Waals surface area contributed by atoms with Crippen LogP contribution in [0.5, 0.6) is 0 Å². The summed E-state index contributed by atoms with van der Waals surface area (Å²) in [7, 11) is 0. The van der Waals surface area contributed by atoms with Crippen molar-refractivity contribution in [3.8, 4) is 0 Å². The van der Waals surface area contributed by atoms with Crippen molar-refractivity contribution in [3.63, 3.8) is 0 Å². The van der Waals surface area contributed by atoms with Gasteiger partial charge in [-0.3, -0.25) is 9.59 Å². The van der Waals surface area contributed by atoms with Gasteiger partial charge >= 0.3 is 5.97 Å². The van der Waals surface area contributed by atoms with Gasteiger partial charge in [-0.1, -0.05) is 12.2 Å². The van der Waals surface area contributed by atoms with Gasteiger partial charge in [0.15, 0.2) is 0 Å². The van der Waals surface area contributed by atoms with E-state index >= 15 is 0 Å². The topological polar surface area (TPSA) is 69.6 Å². The fourth-order valence-electron chi connectivity index (χ4n) is 4.09. The number of carbonyl (C=O) groups is 2. The second-order valence-electron chi connectivity index (χ2n) is 6.55. The van der Waals surface area contributed by atoms with Crippen LogP contribution in [-0.4, -0.2) is 30.1 Å². The first kappa shape index (κ1) is 16.6. The molecule has 0 aliphatic heterocycles. The Bertz CT molecular complexity index is 649. The highest BCUT2D eigenvalue weighted by Crippen LogP contribution is 2.48. The number of aliphatic carboxylic acids is 1. The Hall–Kier alpha value is -2.30. The number of benzene rings is 1. The molecule has 2 N–H and O–H groups in total. The molecule has 0 saturated heterocycles. The summed E-state index contributed by atoms with van der Waals surface area (Å²) in [6.07, 6.45) is 4.72. The van der Waals surface area contributed by atoms with Crippen molar-refractivity contribution >= 4 is 23.3 Å². The number of nitrogens with one attached hydrogen (secondary N) is 1. The Morgan fingerprint density at radius 1 is 1.08 bits per heavy atom. The minimum Gasteiger partial charge on any atom is -0.481 e. The Balaban J connectivity index is 1.71. The van der Waals surface area contributed by atoms with Gasteiger partial charge in [-0.25, -0.2) is 0 Å². The smallest absolute Gasteiger partial charge is 0.307 e. The van der Waals surface area contributed by atoms with E-state index in [2.05, 4.69) is 24.1 Å². The molecule has 1 aromatic rings. The molecule has 24 heavy (non-hydrogen) atoms. The van der Waals surface area contributed by atoms with E-state index in [1.54, 1.807) is 0 Å². The summed E-state index contributed by atoms with van der Waals surface area (Å²) in [5.41, 5.74) is 1.83. The maximum atomic E-state index is 12.6. The van der Waals surface area contributed by atoms with Gasteiger partial charge in [-0.15, -0.1) is 0 Å². The van der Waals surface area contributed by atoms with Crippen molar-refractivity contribution in [3.05, 3.63) is 36.4 Å². The van der Waals surface area contributed by atoms with Gasteiger partial charge in [0.1, 0.15) is 0 Å². The zero-order valence-corrected chi connectivity index (χ0v) is 14.1. The largest absolute Gasteiger partial charge is 0.481 e. The third kappa shape index (κ3) is 2.90. The summed E-state index contributed by atoms with van der Waals surface area (Å²) in [5.74, 6) is -2.09. The summed E-state index contributed by atoms with van der Waals surface area (Å²) >= 11 is 0. The van der Waals surface area contributed by atoms with E-state index in [0.29, 0.717) is 5.69 Å². The van der Waals surface area contributed by atoms with Crippen LogP contribution in [0.3, 0.4) is 0 Å². The Morgan fingerprint density at radius 3 is 2.21 bits per heavy atom. The molecule has 1 amide bonds. The molecule has 3 rings (SSSR count). The van der Waals surface area contributed by atoms with Crippen LogP contribution in [0.4, 0.5) is 11.4 Å². The number of hydrogen-bond donors (Lipinski definition) is 2. The number of amides is 1. The third-order valence-electron chi connectivity index (χ3n) is 5.31. The van der Waals surface area contributed by atoms with Crippen molar-refractivity contribution in [1.82, 2.24) is 0 Å². The normalized spacial score (nSPS) is 27.2. The maximum absolute atomic E-state index is 12.6. The van der Waals surface area contributed by atoms with Crippen LogP contribution >= 0.6 is 0 Å². The van der Waals surface area contributed by atoms with E-state index in [1.807, 2.05) is 36.4 Å². The second kappa shape index (κ2) is 6.67. The van der Waals surface area contributed by atoms with Crippen molar-refractivity contribution in [1.29, 1.82) is 0 Å². The van der Waals surface area contributed by atoms with Gasteiger partial charge < -0.3 is 15.3 Å². The number of carbonyl (C=O) groups excluding carboxylic acids is 1. The van der Waals surface area contributed by atoms with Crippen LogP contribution in [-0.2, 0) is 9.59 Å². The first-order chi connectivity index (χ1) is 11.5. The van der Waals surface area contributed by atoms with Crippen LogP contribution in [0.2, 0.25) is 0 Å². The lowest BCUT2D eigenvalue weighted by Crippen LogP contribution is -2.36. The van der Waals surface area contributed by atoms with Crippen molar-refractivity contribution < 1.29 is 14.7 Å². The Labute approximate surface area is 142 Å². The van der Waals surface area contributed by atoms with Gasteiger partial charge in [0.2, 0.25) is 5.91 Å². The molecule has 5 nitrogen and oxygen atoms in total. The molecule has 4 unspecified atom stereocenters. The van der Waals surface area contributed by atoms with Crippen molar-refractivity contribution in [2.24, 2.45) is 23.7 Å². The SMILES string of the molecule is CCN(CC)c1ccc(NC(=O)C2C3C=CC(C3)C2C(=O)O)cc1. The fraction of sp³-hybridized carbons (Fsp3) is 0.474. The van der Waals surface area contributed by atoms with E-state index in [0.717, 1.165) is 25.2 Å². The molecule has 0 spiro atoms. The molecule has 1 saturated carbocycles. The minimum atomic E-state index is -0.871. The van der Waals surface area contributed by atoms with Crippen LogP contribution in [0.1, 0.15) is 20.3 Å². The van der Waals surface area contributed by atoms with E-state index in [9.17, 15) is 14.7 Å². The molecule has 2 bridgehead atoms. The number of anilines is 2. The summed E-state index contributed by atoms with van der Waals surface area (Å²) < 4.78 is 0. The number of allylic oxidation sites excluding steroid dienone is 2. The quantitative estimate of drug-likeness (QED) is 0.788. The van der Waals surface area contributed by atoms with Crippen LogP contribution < -0.4 is 10.2 Å². The lowest BCUT2D eigenvalue weighted by Gasteiger charge is -2.24. The Morgan fingerprint density at radius 2 is 1.67 bits per heavy atom. The molecule has 1 fully saturated rings. The predicted octanol–water partition coefficient (Wildman–Crippen LogP) is 2.99. The second-order valence-corrected chi connectivity index (χ2v) is 6.55. The molecular weight excluding hydrogens is 304 g/mol. The highest BCUT2D eigenvalue weighted by Gasteiger charge is 2.51. The molecule has 0 heterocycles. The minimum absolute atomic E-state index is 0.00621. The molecule has 1 aromatic carbocycles. The number of nitrogens with zero attached hydrogens (tertiary/aromatic N) is 1. The average Bonchev–Trinajstić information content (AvgIpc) is 3.18. The maximum Gasteiger partial charge on any atom is 0.307 e. The standard InChI is InChI=1S/C19H24N2O3/c1-3-21(4-2)15-9-7-14(8-10-15)20-18(22)16-12-5-6-13(11-12)17(16)19(23)24/h5-10,12-13,16-17H,3-4,11H2,1-2H3,(H,20,22)(H,23,24). The highest BCUT2D eigenvalue weighted by molar-refractivity contribution is 5.96. The summed E-state index contributed by atoms with van der Waals surface area (Å²) in [4.78, 5) is 26.4. The molecule has 0 aromatic heterocycles. The first-order valence-electron chi connectivity index (χ1n) is 8.62. The predicted molar refractivity (Wildman–Crippen MR) is 94.0 cm³/mol. The Kier molecular flexibility index (Phi) is 4.60. The number of carboxylic acids is 1. The number of rotatable bonds is 6. The van der Waals surface area contributed by atoms with Gasteiger partial charge in [-0.05, 0) is 56.4 Å². The summed E-state index contributed by atoms with van der Waals surface area (Å²) in [5, 5.41) is 12.4. The van der Waals surface area contributed by atoms with Crippen molar-refractivity contribution in [2.75, 3.05) is 23.3 Å². The molecule has 0 radical (unpaired) electrons. The number of hydrogen-bond acceptors (Lipinski definition) is 3. The summed E-state index contributed by atoms with van der Waals surface area (Å²) in [6, 6.07) is 7.73. The number of carboxylic acid groups (broad SMARTS) is 1. The zero-order valence-electron chi connectivity index (χ0n) is 14.1. The van der Waals surface area contributed by atoms with Crippen LogP contribution in [0.15, 0.2) is 36.4 Å². The summed E-state index contributed by atoms with van der Waals surface area (Å²) in [6.45, 7) is 6.07. The molecule has 4 atom stereocenters. The van der Waals surface area contributed by atoms with Gasteiger partial charge in [0, 0.05) is 24.5 Å². The van der Waals surface area contributed by atoms with E-state index in [4.69, 9.17) is 0 Å². The van der Waals surface area contributed by atoms with Gasteiger partial charge in [0.25, 0.3) is 0 Å². The van der Waals surface area contributed by atoms with E-state index in [1.165, 1.54) is 0 Å². The van der Waals surface area contributed by atoms with E-state index < -0.39 is 17.8 Å². The lowest BCUT2D eigenvalue weighted by atomic mass is 9.82. The molecule has 128 valence electrons. The fourth-order valence-corrected chi connectivity index (χ4v) is 4.09. The lowest BCUT2D eigenvalue weighted by molar-refractivity contribution is -0.146. The van der Waals surface area contributed by atoms with E-state index in [-0.39, 0.29) is 17.7 Å². The average molecular weight is 328 g/mol. The highest BCUT2D eigenvalue weighted by atomic mass is 16.4.